The standard InChI is InChI=1S/C14H22N2O/c1-4-16(13(17)14(2,3)15)11-10-12-8-6-5-7-9-12/h5-9H,4,10-11,15H2,1-3H3. The van der Waals surface area contributed by atoms with Crippen LogP contribution in [0.15, 0.2) is 30.3 Å². The summed E-state index contributed by atoms with van der Waals surface area (Å²) in [5.41, 5.74) is 6.29. The third-order valence-electron chi connectivity index (χ3n) is 2.73. The summed E-state index contributed by atoms with van der Waals surface area (Å²) in [5.74, 6) is 0.0101. The van der Waals surface area contributed by atoms with Crippen molar-refractivity contribution in [2.24, 2.45) is 5.73 Å². The van der Waals surface area contributed by atoms with Gasteiger partial charge in [0.25, 0.3) is 0 Å². The Morgan fingerprint density at radius 2 is 1.88 bits per heavy atom. The van der Waals surface area contributed by atoms with Gasteiger partial charge in [-0.05, 0) is 32.8 Å². The summed E-state index contributed by atoms with van der Waals surface area (Å²) >= 11 is 0. The van der Waals surface area contributed by atoms with E-state index in [0.717, 1.165) is 13.0 Å². The fraction of sp³-hybridized carbons (Fsp3) is 0.500. The monoisotopic (exact) mass is 234 g/mol. The molecule has 0 saturated heterocycles. The van der Waals surface area contributed by atoms with Gasteiger partial charge in [-0.15, -0.1) is 0 Å². The van der Waals surface area contributed by atoms with Crippen molar-refractivity contribution in [3.63, 3.8) is 0 Å². The van der Waals surface area contributed by atoms with Crippen LogP contribution in [-0.2, 0) is 11.2 Å². The lowest BCUT2D eigenvalue weighted by Gasteiger charge is -2.28. The fourth-order valence-electron chi connectivity index (χ4n) is 1.72. The van der Waals surface area contributed by atoms with Gasteiger partial charge in [-0.2, -0.15) is 0 Å². The number of likely N-dealkylation sites (N-methyl/N-ethyl adjacent to an activating group) is 1. The van der Waals surface area contributed by atoms with E-state index in [4.69, 9.17) is 5.73 Å². The number of nitrogens with zero attached hydrogens (tertiary/aromatic N) is 1. The van der Waals surface area contributed by atoms with Crippen molar-refractivity contribution in [1.82, 2.24) is 4.90 Å². The van der Waals surface area contributed by atoms with Crippen LogP contribution < -0.4 is 5.73 Å². The molecule has 0 heterocycles. The van der Waals surface area contributed by atoms with Crippen LogP contribution in [0.5, 0.6) is 0 Å². The van der Waals surface area contributed by atoms with Crippen molar-refractivity contribution in [2.75, 3.05) is 13.1 Å². The first kappa shape index (κ1) is 13.7. The summed E-state index contributed by atoms with van der Waals surface area (Å²) in [7, 11) is 0. The third-order valence-corrected chi connectivity index (χ3v) is 2.73. The summed E-state index contributed by atoms with van der Waals surface area (Å²) < 4.78 is 0. The lowest BCUT2D eigenvalue weighted by molar-refractivity contribution is -0.135. The van der Waals surface area contributed by atoms with Gasteiger partial charge >= 0.3 is 0 Å². The Morgan fingerprint density at radius 3 is 2.35 bits per heavy atom. The number of carbonyl (C=O) groups excluding carboxylic acids is 1. The highest BCUT2D eigenvalue weighted by molar-refractivity contribution is 5.85. The minimum atomic E-state index is -0.785. The molecule has 0 unspecified atom stereocenters. The van der Waals surface area contributed by atoms with E-state index in [0.29, 0.717) is 6.54 Å². The van der Waals surface area contributed by atoms with E-state index in [1.165, 1.54) is 5.56 Å². The first-order chi connectivity index (χ1) is 7.95. The summed E-state index contributed by atoms with van der Waals surface area (Å²) in [4.78, 5) is 13.8. The minimum Gasteiger partial charge on any atom is -0.341 e. The number of amides is 1. The van der Waals surface area contributed by atoms with Gasteiger partial charge in [0.2, 0.25) is 5.91 Å². The second kappa shape index (κ2) is 5.82. The molecule has 2 N–H and O–H groups in total. The SMILES string of the molecule is CCN(CCc1ccccc1)C(=O)C(C)(C)N. The Bertz CT molecular complexity index is 354. The Labute approximate surface area is 104 Å². The highest BCUT2D eigenvalue weighted by Gasteiger charge is 2.26. The van der Waals surface area contributed by atoms with Crippen molar-refractivity contribution in [1.29, 1.82) is 0 Å². The highest BCUT2D eigenvalue weighted by atomic mass is 16.2. The number of nitrogens with two attached hydrogens (primary N) is 1. The smallest absolute Gasteiger partial charge is 0.242 e. The maximum atomic E-state index is 12.0. The molecule has 0 aliphatic heterocycles. The average molecular weight is 234 g/mol. The lowest BCUT2D eigenvalue weighted by Crippen LogP contribution is -2.51. The van der Waals surface area contributed by atoms with Crippen LogP contribution in [-0.4, -0.2) is 29.4 Å². The first-order valence-electron chi connectivity index (χ1n) is 6.07. The van der Waals surface area contributed by atoms with Crippen molar-refractivity contribution < 1.29 is 4.79 Å². The first-order valence-corrected chi connectivity index (χ1v) is 6.07. The van der Waals surface area contributed by atoms with E-state index >= 15 is 0 Å². The molecule has 3 nitrogen and oxygen atoms in total. The van der Waals surface area contributed by atoms with E-state index in [2.05, 4.69) is 12.1 Å². The Hall–Kier alpha value is -1.35. The van der Waals surface area contributed by atoms with Gasteiger partial charge < -0.3 is 10.6 Å². The zero-order chi connectivity index (χ0) is 12.9. The normalized spacial score (nSPS) is 11.3. The van der Waals surface area contributed by atoms with Gasteiger partial charge in [-0.1, -0.05) is 30.3 Å². The largest absolute Gasteiger partial charge is 0.341 e. The van der Waals surface area contributed by atoms with Crippen molar-refractivity contribution in [3.8, 4) is 0 Å². The summed E-state index contributed by atoms with van der Waals surface area (Å²) in [6, 6.07) is 10.2. The molecule has 1 aromatic rings. The molecule has 0 fully saturated rings. The van der Waals surface area contributed by atoms with Crippen molar-refractivity contribution >= 4 is 5.91 Å². The quantitative estimate of drug-likeness (QED) is 0.844. The van der Waals surface area contributed by atoms with Crippen LogP contribution in [0, 0.1) is 0 Å². The van der Waals surface area contributed by atoms with Crippen LogP contribution in [0.25, 0.3) is 0 Å². The number of hydrogen-bond acceptors (Lipinski definition) is 2. The lowest BCUT2D eigenvalue weighted by atomic mass is 10.0. The van der Waals surface area contributed by atoms with Crippen LogP contribution >= 0.6 is 0 Å². The van der Waals surface area contributed by atoms with E-state index in [1.54, 1.807) is 13.8 Å². The molecule has 3 heteroatoms. The van der Waals surface area contributed by atoms with Gasteiger partial charge in [-0.3, -0.25) is 4.79 Å². The highest BCUT2D eigenvalue weighted by Crippen LogP contribution is 2.07. The molecule has 0 saturated carbocycles. The zero-order valence-electron chi connectivity index (χ0n) is 10.9. The van der Waals surface area contributed by atoms with Crippen molar-refractivity contribution in [2.45, 2.75) is 32.7 Å². The predicted molar refractivity (Wildman–Crippen MR) is 70.7 cm³/mol. The molecule has 0 bridgehead atoms. The molecule has 1 aromatic carbocycles. The number of hydrogen-bond donors (Lipinski definition) is 1. The zero-order valence-corrected chi connectivity index (χ0v) is 10.9. The van der Waals surface area contributed by atoms with E-state index < -0.39 is 5.54 Å². The molecule has 0 aliphatic rings. The number of rotatable bonds is 5. The van der Waals surface area contributed by atoms with Gasteiger partial charge in [0, 0.05) is 13.1 Å². The summed E-state index contributed by atoms with van der Waals surface area (Å²) in [5, 5.41) is 0. The van der Waals surface area contributed by atoms with Gasteiger partial charge in [0.15, 0.2) is 0 Å². The van der Waals surface area contributed by atoms with Gasteiger partial charge in [0.05, 0.1) is 5.54 Å². The Morgan fingerprint density at radius 1 is 1.29 bits per heavy atom. The van der Waals surface area contributed by atoms with Crippen LogP contribution in [0.4, 0.5) is 0 Å². The van der Waals surface area contributed by atoms with Gasteiger partial charge in [-0.25, -0.2) is 0 Å². The summed E-state index contributed by atoms with van der Waals surface area (Å²) in [6.07, 6.45) is 0.872. The molecule has 0 spiro atoms. The molecule has 0 aromatic heterocycles. The van der Waals surface area contributed by atoms with E-state index in [-0.39, 0.29) is 5.91 Å². The summed E-state index contributed by atoms with van der Waals surface area (Å²) in [6.45, 7) is 6.90. The Kier molecular flexibility index (Phi) is 4.70. The minimum absolute atomic E-state index is 0.0101. The molecule has 1 amide bonds. The molecule has 0 radical (unpaired) electrons. The average Bonchev–Trinajstić information content (AvgIpc) is 2.30. The molecule has 0 aliphatic carbocycles. The van der Waals surface area contributed by atoms with Crippen LogP contribution in [0.2, 0.25) is 0 Å². The Balaban J connectivity index is 2.57. The van der Waals surface area contributed by atoms with E-state index in [9.17, 15) is 4.79 Å². The molecular formula is C14H22N2O. The number of carbonyl (C=O) groups is 1. The number of benzene rings is 1. The van der Waals surface area contributed by atoms with E-state index in [1.807, 2.05) is 30.0 Å². The third kappa shape index (κ3) is 4.19. The van der Waals surface area contributed by atoms with Gasteiger partial charge in [0.1, 0.15) is 0 Å². The second-order valence-electron chi connectivity index (χ2n) is 4.84. The van der Waals surface area contributed by atoms with Crippen LogP contribution in [0.1, 0.15) is 26.3 Å². The topological polar surface area (TPSA) is 46.3 Å². The molecule has 94 valence electrons. The maximum absolute atomic E-state index is 12.0. The fourth-order valence-corrected chi connectivity index (χ4v) is 1.72. The van der Waals surface area contributed by atoms with Crippen molar-refractivity contribution in [3.05, 3.63) is 35.9 Å². The molecular weight excluding hydrogens is 212 g/mol. The predicted octanol–water partition coefficient (Wildman–Crippen LogP) is 1.81. The molecule has 17 heavy (non-hydrogen) atoms. The second-order valence-corrected chi connectivity index (χ2v) is 4.84. The maximum Gasteiger partial charge on any atom is 0.242 e. The molecule has 0 atom stereocenters. The van der Waals surface area contributed by atoms with Crippen LogP contribution in [0.3, 0.4) is 0 Å². The molecule has 1 rings (SSSR count).